The first-order valence-electron chi connectivity index (χ1n) is 8.95. The zero-order chi connectivity index (χ0) is 19.6. The van der Waals surface area contributed by atoms with E-state index in [4.69, 9.17) is 11.6 Å². The molecule has 2 aliphatic rings. The molecule has 1 aliphatic carbocycles. The number of nitrogens with zero attached hydrogens (tertiary/aromatic N) is 1. The van der Waals surface area contributed by atoms with Gasteiger partial charge in [0, 0.05) is 13.0 Å². The molecule has 0 bridgehead atoms. The van der Waals surface area contributed by atoms with Gasteiger partial charge in [-0.2, -0.15) is 0 Å². The maximum absolute atomic E-state index is 12.4. The van der Waals surface area contributed by atoms with Gasteiger partial charge in [0.1, 0.15) is 0 Å². The van der Waals surface area contributed by atoms with Crippen LogP contribution in [-0.2, 0) is 19.1 Å². The summed E-state index contributed by atoms with van der Waals surface area (Å²) in [6.45, 7) is 0.0464. The lowest BCUT2D eigenvalue weighted by Crippen LogP contribution is -2.34. The van der Waals surface area contributed by atoms with Gasteiger partial charge in [-0.15, -0.1) is 0 Å². The number of carbonyl (C=O) groups excluding carboxylic acids is 4. The Morgan fingerprint density at radius 1 is 1.19 bits per heavy atom. The Bertz CT molecular complexity index is 770. The minimum atomic E-state index is -0.543. The Hall–Kier alpha value is -2.41. The van der Waals surface area contributed by atoms with Crippen LogP contribution < -0.4 is 5.32 Å². The lowest BCUT2D eigenvalue weighted by atomic mass is 9.81. The highest BCUT2D eigenvalue weighted by Crippen LogP contribution is 2.38. The van der Waals surface area contributed by atoms with Crippen molar-refractivity contribution in [3.63, 3.8) is 0 Å². The van der Waals surface area contributed by atoms with Crippen LogP contribution in [0.5, 0.6) is 0 Å². The van der Waals surface area contributed by atoms with E-state index in [-0.39, 0.29) is 52.9 Å². The number of amides is 3. The van der Waals surface area contributed by atoms with E-state index >= 15 is 0 Å². The molecule has 2 atom stereocenters. The summed E-state index contributed by atoms with van der Waals surface area (Å²) in [4.78, 5) is 49.9. The number of hydrogen-bond donors (Lipinski definition) is 1. The van der Waals surface area contributed by atoms with Crippen LogP contribution in [0.25, 0.3) is 0 Å². The van der Waals surface area contributed by atoms with E-state index in [2.05, 4.69) is 10.1 Å². The van der Waals surface area contributed by atoms with Gasteiger partial charge >= 0.3 is 5.97 Å². The Balaban J connectivity index is 1.61. The van der Waals surface area contributed by atoms with Crippen LogP contribution in [0.3, 0.4) is 0 Å². The number of ether oxygens (including phenoxy) is 1. The zero-order valence-corrected chi connectivity index (χ0v) is 15.8. The molecule has 2 unspecified atom stereocenters. The minimum Gasteiger partial charge on any atom is -0.465 e. The monoisotopic (exact) mass is 392 g/mol. The molecule has 1 saturated carbocycles. The fourth-order valence-corrected chi connectivity index (χ4v) is 3.91. The second-order valence-electron chi connectivity index (χ2n) is 6.81. The highest BCUT2D eigenvalue weighted by atomic mass is 35.5. The van der Waals surface area contributed by atoms with Crippen molar-refractivity contribution in [3.8, 4) is 0 Å². The molecule has 144 valence electrons. The van der Waals surface area contributed by atoms with Crippen molar-refractivity contribution in [1.29, 1.82) is 0 Å². The SMILES string of the molecule is COC(=O)c1ccc(Cl)c(NC(=O)CCN2C(=O)C3CCCCC3C2=O)c1. The highest BCUT2D eigenvalue weighted by molar-refractivity contribution is 6.33. The van der Waals surface area contributed by atoms with Gasteiger partial charge in [-0.3, -0.25) is 19.3 Å². The summed E-state index contributed by atoms with van der Waals surface area (Å²) >= 11 is 6.06. The van der Waals surface area contributed by atoms with Gasteiger partial charge in [0.25, 0.3) is 0 Å². The van der Waals surface area contributed by atoms with Crippen LogP contribution in [0.4, 0.5) is 5.69 Å². The van der Waals surface area contributed by atoms with Crippen molar-refractivity contribution in [1.82, 2.24) is 4.90 Å². The summed E-state index contributed by atoms with van der Waals surface area (Å²) in [5.41, 5.74) is 0.531. The van der Waals surface area contributed by atoms with E-state index < -0.39 is 11.9 Å². The predicted octanol–water partition coefficient (Wildman–Crippen LogP) is 2.63. The molecule has 0 spiro atoms. The number of halogens is 1. The number of likely N-dealkylation sites (tertiary alicyclic amines) is 1. The van der Waals surface area contributed by atoms with Gasteiger partial charge in [0.15, 0.2) is 0 Å². The molecule has 1 N–H and O–H groups in total. The van der Waals surface area contributed by atoms with Crippen LogP contribution in [0.2, 0.25) is 5.02 Å². The second kappa shape index (κ2) is 8.08. The maximum Gasteiger partial charge on any atom is 0.337 e. The third kappa shape index (κ3) is 3.98. The summed E-state index contributed by atoms with van der Waals surface area (Å²) in [5.74, 6) is -1.71. The minimum absolute atomic E-state index is 0.0320. The average molecular weight is 393 g/mol. The number of imide groups is 1. The third-order valence-electron chi connectivity index (χ3n) is 5.16. The van der Waals surface area contributed by atoms with Crippen molar-refractivity contribution in [2.75, 3.05) is 19.0 Å². The Labute approximate surface area is 162 Å². The van der Waals surface area contributed by atoms with Crippen LogP contribution in [0, 0.1) is 11.8 Å². The van der Waals surface area contributed by atoms with Crippen LogP contribution in [-0.4, -0.2) is 42.2 Å². The summed E-state index contributed by atoms with van der Waals surface area (Å²) < 4.78 is 4.64. The normalized spacial score (nSPS) is 21.8. The molecule has 1 aromatic rings. The number of rotatable bonds is 5. The van der Waals surface area contributed by atoms with Gasteiger partial charge in [0.05, 0.1) is 35.2 Å². The van der Waals surface area contributed by atoms with E-state index in [9.17, 15) is 19.2 Å². The van der Waals surface area contributed by atoms with E-state index in [0.29, 0.717) is 0 Å². The molecule has 3 amide bonds. The van der Waals surface area contributed by atoms with Gasteiger partial charge in [0.2, 0.25) is 17.7 Å². The lowest BCUT2D eigenvalue weighted by molar-refractivity contribution is -0.140. The number of carbonyl (C=O) groups is 4. The number of fused-ring (bicyclic) bond motifs is 1. The quantitative estimate of drug-likeness (QED) is 0.614. The third-order valence-corrected chi connectivity index (χ3v) is 5.49. The fraction of sp³-hybridized carbons (Fsp3) is 0.474. The van der Waals surface area contributed by atoms with Crippen molar-refractivity contribution < 1.29 is 23.9 Å². The molecule has 0 radical (unpaired) electrons. The Morgan fingerprint density at radius 3 is 2.41 bits per heavy atom. The van der Waals surface area contributed by atoms with Crippen LogP contribution in [0.15, 0.2) is 18.2 Å². The number of hydrogen-bond acceptors (Lipinski definition) is 5. The largest absolute Gasteiger partial charge is 0.465 e. The van der Waals surface area contributed by atoms with Crippen molar-refractivity contribution >= 4 is 41.0 Å². The Kier molecular flexibility index (Phi) is 5.79. The lowest BCUT2D eigenvalue weighted by Gasteiger charge is -2.19. The van der Waals surface area contributed by atoms with Crippen LogP contribution in [0.1, 0.15) is 42.5 Å². The van der Waals surface area contributed by atoms with E-state index in [1.54, 1.807) is 0 Å². The van der Waals surface area contributed by atoms with E-state index in [1.165, 1.54) is 30.2 Å². The summed E-state index contributed by atoms with van der Waals surface area (Å²) in [6, 6.07) is 4.40. The molecule has 3 rings (SSSR count). The topological polar surface area (TPSA) is 92.8 Å². The number of methoxy groups -OCH3 is 1. The van der Waals surface area contributed by atoms with E-state index in [0.717, 1.165) is 25.7 Å². The first-order valence-corrected chi connectivity index (χ1v) is 9.33. The molecular weight excluding hydrogens is 372 g/mol. The maximum atomic E-state index is 12.4. The molecule has 1 saturated heterocycles. The molecule has 1 aliphatic heterocycles. The van der Waals surface area contributed by atoms with Crippen molar-refractivity contribution in [3.05, 3.63) is 28.8 Å². The molecule has 1 aromatic carbocycles. The van der Waals surface area contributed by atoms with Crippen molar-refractivity contribution in [2.45, 2.75) is 32.1 Å². The molecule has 1 heterocycles. The summed E-state index contributed by atoms with van der Waals surface area (Å²) in [5, 5.41) is 2.89. The number of anilines is 1. The number of nitrogens with one attached hydrogen (secondary N) is 1. The smallest absolute Gasteiger partial charge is 0.337 e. The molecule has 2 fully saturated rings. The first-order chi connectivity index (χ1) is 12.9. The number of esters is 1. The van der Waals surface area contributed by atoms with Crippen molar-refractivity contribution in [2.24, 2.45) is 11.8 Å². The highest BCUT2D eigenvalue weighted by Gasteiger charge is 2.47. The average Bonchev–Trinajstić information content (AvgIpc) is 2.92. The van der Waals surface area contributed by atoms with Gasteiger partial charge in [-0.1, -0.05) is 24.4 Å². The van der Waals surface area contributed by atoms with Crippen LogP contribution >= 0.6 is 11.6 Å². The van der Waals surface area contributed by atoms with Gasteiger partial charge < -0.3 is 10.1 Å². The molecular formula is C19H21ClN2O5. The molecule has 8 heteroatoms. The molecule has 0 aromatic heterocycles. The predicted molar refractivity (Wildman–Crippen MR) is 98.2 cm³/mol. The van der Waals surface area contributed by atoms with Gasteiger partial charge in [-0.05, 0) is 31.0 Å². The summed E-state index contributed by atoms with van der Waals surface area (Å²) in [7, 11) is 1.26. The number of benzene rings is 1. The van der Waals surface area contributed by atoms with Gasteiger partial charge in [-0.25, -0.2) is 4.79 Å². The molecule has 7 nitrogen and oxygen atoms in total. The first kappa shape index (κ1) is 19.4. The standard InChI is InChI=1S/C19H21ClN2O5/c1-27-19(26)11-6-7-14(20)15(10-11)21-16(23)8-9-22-17(24)12-4-2-3-5-13(12)18(22)25/h6-7,10,12-13H,2-5,8-9H2,1H3,(H,21,23). The molecule has 27 heavy (non-hydrogen) atoms. The fourth-order valence-electron chi connectivity index (χ4n) is 3.74. The van der Waals surface area contributed by atoms with E-state index in [1.807, 2.05) is 0 Å². The zero-order valence-electron chi connectivity index (χ0n) is 15.0. The summed E-state index contributed by atoms with van der Waals surface area (Å²) in [6.07, 6.45) is 3.38. The Morgan fingerprint density at radius 2 is 1.81 bits per heavy atom. The second-order valence-corrected chi connectivity index (χ2v) is 7.22.